The molecular formula is C13H10BrFN4OS. The molecule has 0 saturated carbocycles. The molecule has 2 aromatic heterocycles. The summed E-state index contributed by atoms with van der Waals surface area (Å²) in [5.41, 5.74) is 6.90. The van der Waals surface area contributed by atoms with E-state index in [1.54, 1.807) is 6.07 Å². The molecule has 21 heavy (non-hydrogen) atoms. The second kappa shape index (κ2) is 5.63. The summed E-state index contributed by atoms with van der Waals surface area (Å²) in [5, 5.41) is 4.70. The normalized spacial score (nSPS) is 11.0. The second-order valence-corrected chi connectivity index (χ2v) is 6.31. The number of halogens is 2. The van der Waals surface area contributed by atoms with Gasteiger partial charge >= 0.3 is 0 Å². The molecule has 0 atom stereocenters. The van der Waals surface area contributed by atoms with Crippen molar-refractivity contribution in [1.29, 1.82) is 0 Å². The molecule has 8 heteroatoms. The Balaban J connectivity index is 2.01. The predicted octanol–water partition coefficient (Wildman–Crippen LogP) is 3.53. The Kier molecular flexibility index (Phi) is 3.83. The smallest absolute Gasteiger partial charge is 0.270 e. The summed E-state index contributed by atoms with van der Waals surface area (Å²) in [7, 11) is 0. The van der Waals surface area contributed by atoms with Gasteiger partial charge in [0, 0.05) is 16.6 Å². The zero-order chi connectivity index (χ0) is 15.0. The van der Waals surface area contributed by atoms with Crippen molar-refractivity contribution in [1.82, 2.24) is 15.1 Å². The number of aryl methyl sites for hydroxylation is 1. The lowest BCUT2D eigenvalue weighted by Gasteiger charge is -1.96. The van der Waals surface area contributed by atoms with Crippen molar-refractivity contribution in [2.45, 2.75) is 13.5 Å². The third-order valence-corrected chi connectivity index (χ3v) is 4.38. The van der Waals surface area contributed by atoms with Gasteiger partial charge < -0.3 is 10.3 Å². The van der Waals surface area contributed by atoms with Crippen molar-refractivity contribution >= 4 is 27.3 Å². The van der Waals surface area contributed by atoms with E-state index in [4.69, 9.17) is 10.3 Å². The number of nitrogens with zero attached hydrogens (tertiary/aromatic N) is 3. The van der Waals surface area contributed by atoms with Gasteiger partial charge in [-0.05, 0) is 25.1 Å². The standard InChI is InChI=1S/C13H10BrFN4OS/c1-6-11(21-10(5-16)17-6)13-18-12(19-20-13)7-2-8(14)4-9(15)3-7/h2-4H,5,16H2,1H3. The molecule has 0 spiro atoms. The van der Waals surface area contributed by atoms with Gasteiger partial charge in [-0.1, -0.05) is 21.1 Å². The SMILES string of the molecule is Cc1nc(CN)sc1-c1nc(-c2cc(F)cc(Br)c2)no1. The molecule has 2 N–H and O–H groups in total. The van der Waals surface area contributed by atoms with E-state index in [1.165, 1.54) is 23.5 Å². The maximum absolute atomic E-state index is 13.4. The van der Waals surface area contributed by atoms with Crippen molar-refractivity contribution in [3.63, 3.8) is 0 Å². The maximum Gasteiger partial charge on any atom is 0.270 e. The second-order valence-electron chi connectivity index (χ2n) is 4.31. The summed E-state index contributed by atoms with van der Waals surface area (Å²) in [6.07, 6.45) is 0. The fraction of sp³-hybridized carbons (Fsp3) is 0.154. The molecule has 0 unspecified atom stereocenters. The summed E-state index contributed by atoms with van der Waals surface area (Å²) in [5.74, 6) is 0.317. The molecule has 0 amide bonds. The highest BCUT2D eigenvalue weighted by atomic mass is 79.9. The van der Waals surface area contributed by atoms with Gasteiger partial charge in [0.15, 0.2) is 0 Å². The fourth-order valence-electron chi connectivity index (χ4n) is 1.85. The van der Waals surface area contributed by atoms with E-state index in [2.05, 4.69) is 31.1 Å². The summed E-state index contributed by atoms with van der Waals surface area (Å²) in [4.78, 5) is 9.40. The van der Waals surface area contributed by atoms with Gasteiger partial charge in [0.2, 0.25) is 5.82 Å². The van der Waals surface area contributed by atoms with Gasteiger partial charge in [0.25, 0.3) is 5.89 Å². The van der Waals surface area contributed by atoms with Crippen molar-refractivity contribution in [3.05, 3.63) is 39.2 Å². The molecule has 0 saturated heterocycles. The van der Waals surface area contributed by atoms with Crippen molar-refractivity contribution in [2.24, 2.45) is 5.73 Å². The van der Waals surface area contributed by atoms with Crippen LogP contribution in [0.1, 0.15) is 10.7 Å². The van der Waals surface area contributed by atoms with Crippen LogP contribution in [0.4, 0.5) is 4.39 Å². The number of benzene rings is 1. The molecule has 108 valence electrons. The van der Waals surface area contributed by atoms with Crippen LogP contribution in [-0.4, -0.2) is 15.1 Å². The largest absolute Gasteiger partial charge is 0.333 e. The lowest BCUT2D eigenvalue weighted by Crippen LogP contribution is -1.94. The molecular weight excluding hydrogens is 359 g/mol. The molecule has 0 aliphatic heterocycles. The quantitative estimate of drug-likeness (QED) is 0.764. The van der Waals surface area contributed by atoms with Gasteiger partial charge in [-0.3, -0.25) is 0 Å². The monoisotopic (exact) mass is 368 g/mol. The summed E-state index contributed by atoms with van der Waals surface area (Å²) >= 11 is 4.65. The van der Waals surface area contributed by atoms with Crippen LogP contribution >= 0.6 is 27.3 Å². The first-order valence-corrected chi connectivity index (χ1v) is 7.64. The van der Waals surface area contributed by atoms with E-state index in [-0.39, 0.29) is 5.82 Å². The number of rotatable bonds is 3. The van der Waals surface area contributed by atoms with E-state index in [0.29, 0.717) is 28.3 Å². The molecule has 5 nitrogen and oxygen atoms in total. The lowest BCUT2D eigenvalue weighted by atomic mass is 10.2. The van der Waals surface area contributed by atoms with Gasteiger partial charge in [0.1, 0.15) is 15.7 Å². The molecule has 0 radical (unpaired) electrons. The van der Waals surface area contributed by atoms with Crippen LogP contribution < -0.4 is 5.73 Å². The summed E-state index contributed by atoms with van der Waals surface area (Å²) < 4.78 is 19.3. The molecule has 0 aliphatic rings. The maximum atomic E-state index is 13.4. The molecule has 3 aromatic rings. The van der Waals surface area contributed by atoms with E-state index in [1.807, 2.05) is 6.92 Å². The highest BCUT2D eigenvalue weighted by molar-refractivity contribution is 9.10. The molecule has 2 heterocycles. The van der Waals surface area contributed by atoms with Crippen LogP contribution in [0.5, 0.6) is 0 Å². The Labute approximate surface area is 132 Å². The highest BCUT2D eigenvalue weighted by Crippen LogP contribution is 2.30. The van der Waals surface area contributed by atoms with Crippen LogP contribution in [-0.2, 0) is 6.54 Å². The Morgan fingerprint density at radius 3 is 2.81 bits per heavy atom. The zero-order valence-corrected chi connectivity index (χ0v) is 13.3. The number of hydrogen-bond acceptors (Lipinski definition) is 6. The van der Waals surface area contributed by atoms with Crippen molar-refractivity contribution < 1.29 is 8.91 Å². The third-order valence-electron chi connectivity index (χ3n) is 2.76. The Morgan fingerprint density at radius 2 is 2.14 bits per heavy atom. The summed E-state index contributed by atoms with van der Waals surface area (Å²) in [6.45, 7) is 2.22. The minimum Gasteiger partial charge on any atom is -0.333 e. The average molecular weight is 369 g/mol. The van der Waals surface area contributed by atoms with Crippen LogP contribution in [0.2, 0.25) is 0 Å². The zero-order valence-electron chi connectivity index (χ0n) is 10.9. The Hall–Kier alpha value is -1.64. The van der Waals surface area contributed by atoms with Gasteiger partial charge in [-0.15, -0.1) is 11.3 Å². The van der Waals surface area contributed by atoms with Gasteiger partial charge in [-0.2, -0.15) is 4.98 Å². The molecule has 3 rings (SSSR count). The van der Waals surface area contributed by atoms with Crippen LogP contribution in [0.3, 0.4) is 0 Å². The van der Waals surface area contributed by atoms with Gasteiger partial charge in [0.05, 0.1) is 5.69 Å². The van der Waals surface area contributed by atoms with Crippen LogP contribution in [0, 0.1) is 12.7 Å². The number of thiazole rings is 1. The molecule has 0 fully saturated rings. The first kappa shape index (κ1) is 14.3. The van der Waals surface area contributed by atoms with Crippen LogP contribution in [0.15, 0.2) is 27.2 Å². The van der Waals surface area contributed by atoms with E-state index in [0.717, 1.165) is 15.6 Å². The van der Waals surface area contributed by atoms with Crippen molar-refractivity contribution in [3.8, 4) is 22.2 Å². The molecule has 1 aromatic carbocycles. The predicted molar refractivity (Wildman–Crippen MR) is 81.1 cm³/mol. The van der Waals surface area contributed by atoms with E-state index in [9.17, 15) is 4.39 Å². The molecule has 0 bridgehead atoms. The summed E-state index contributed by atoms with van der Waals surface area (Å²) in [6, 6.07) is 4.44. The first-order chi connectivity index (χ1) is 10.1. The minimum atomic E-state index is -0.370. The molecule has 0 aliphatic carbocycles. The Bertz CT molecular complexity index is 781. The number of hydrogen-bond donors (Lipinski definition) is 1. The topological polar surface area (TPSA) is 77.8 Å². The number of aromatic nitrogens is 3. The van der Waals surface area contributed by atoms with E-state index >= 15 is 0 Å². The Morgan fingerprint density at radius 1 is 1.33 bits per heavy atom. The average Bonchev–Trinajstić information content (AvgIpc) is 3.03. The first-order valence-electron chi connectivity index (χ1n) is 6.03. The minimum absolute atomic E-state index is 0.326. The number of nitrogens with two attached hydrogens (primary N) is 1. The van der Waals surface area contributed by atoms with Crippen molar-refractivity contribution in [2.75, 3.05) is 0 Å². The van der Waals surface area contributed by atoms with E-state index < -0.39 is 0 Å². The van der Waals surface area contributed by atoms with Crippen LogP contribution in [0.25, 0.3) is 22.2 Å². The fourth-order valence-corrected chi connectivity index (χ4v) is 3.18. The van der Waals surface area contributed by atoms with Gasteiger partial charge in [-0.25, -0.2) is 9.37 Å². The highest BCUT2D eigenvalue weighted by Gasteiger charge is 2.17. The lowest BCUT2D eigenvalue weighted by molar-refractivity contribution is 0.433. The third kappa shape index (κ3) is 2.87.